The van der Waals surface area contributed by atoms with Crippen molar-refractivity contribution in [1.82, 2.24) is 15.5 Å². The van der Waals surface area contributed by atoms with Gasteiger partial charge in [-0.25, -0.2) is 0 Å². The van der Waals surface area contributed by atoms with E-state index in [2.05, 4.69) is 65.6 Å². The van der Waals surface area contributed by atoms with Crippen LogP contribution in [-0.4, -0.2) is 69.4 Å². The average Bonchev–Trinajstić information content (AvgIpc) is 2.75. The Morgan fingerprint density at radius 2 is 2.00 bits per heavy atom. The molecule has 3 rings (SSSR count). The molecule has 2 N–H and O–H groups in total. The van der Waals surface area contributed by atoms with E-state index in [9.17, 15) is 0 Å². The first-order valence-electron chi connectivity index (χ1n) is 11.0. The first kappa shape index (κ1) is 25.4. The second-order valence-electron chi connectivity index (χ2n) is 8.45. The molecule has 1 aromatic carbocycles. The van der Waals surface area contributed by atoms with Crippen LogP contribution < -0.4 is 10.6 Å². The largest absolute Gasteiger partial charge is 0.379 e. The zero-order valence-corrected chi connectivity index (χ0v) is 21.2. The zero-order valence-electron chi connectivity index (χ0n) is 18.9. The number of nitrogens with one attached hydrogen (secondary N) is 2. The summed E-state index contributed by atoms with van der Waals surface area (Å²) in [4.78, 5) is 6.93. The van der Waals surface area contributed by atoms with Crippen molar-refractivity contribution >= 4 is 29.9 Å². The molecule has 2 saturated heterocycles. The summed E-state index contributed by atoms with van der Waals surface area (Å²) in [6.07, 6.45) is 2.44. The quantitative estimate of drug-likeness (QED) is 0.336. The van der Waals surface area contributed by atoms with Crippen LogP contribution in [0.25, 0.3) is 0 Å². The van der Waals surface area contributed by atoms with E-state index < -0.39 is 0 Å². The smallest absolute Gasteiger partial charge is 0.191 e. The summed E-state index contributed by atoms with van der Waals surface area (Å²) in [5.41, 5.74) is 2.56. The predicted molar refractivity (Wildman–Crippen MR) is 134 cm³/mol. The molecule has 1 aromatic rings. The number of ether oxygens (including phenoxy) is 2. The molecule has 0 bridgehead atoms. The molecule has 0 saturated carbocycles. The van der Waals surface area contributed by atoms with Crippen LogP contribution in [0.3, 0.4) is 0 Å². The van der Waals surface area contributed by atoms with Gasteiger partial charge in [-0.1, -0.05) is 29.8 Å². The SMILES string of the molecule is CN=C(NCC1CCCOC1c1ccc(C)cc1)NCC(C)N1CCOCC1C.I. The van der Waals surface area contributed by atoms with Crippen LogP contribution in [0.1, 0.15) is 43.9 Å². The van der Waals surface area contributed by atoms with E-state index in [1.54, 1.807) is 0 Å². The van der Waals surface area contributed by atoms with E-state index in [1.807, 2.05) is 7.05 Å². The molecule has 2 aliphatic rings. The van der Waals surface area contributed by atoms with E-state index in [0.717, 1.165) is 51.8 Å². The molecular weight excluding hydrogens is 491 g/mol. The van der Waals surface area contributed by atoms with Gasteiger partial charge in [0.2, 0.25) is 0 Å². The number of hydrogen-bond donors (Lipinski definition) is 2. The maximum Gasteiger partial charge on any atom is 0.191 e. The first-order chi connectivity index (χ1) is 14.1. The number of rotatable bonds is 6. The Kier molecular flexibility index (Phi) is 10.8. The highest BCUT2D eigenvalue weighted by molar-refractivity contribution is 14.0. The molecule has 7 heteroatoms. The number of hydrogen-bond acceptors (Lipinski definition) is 4. The van der Waals surface area contributed by atoms with Gasteiger partial charge in [-0.15, -0.1) is 24.0 Å². The third kappa shape index (κ3) is 7.07. The summed E-state index contributed by atoms with van der Waals surface area (Å²) >= 11 is 0. The fraction of sp³-hybridized carbons (Fsp3) is 0.696. The molecular formula is C23H39IN4O2. The Hall–Kier alpha value is -0.900. The Balaban J connectivity index is 0.00000320. The van der Waals surface area contributed by atoms with Crippen molar-refractivity contribution in [2.75, 3.05) is 46.5 Å². The minimum atomic E-state index is 0. The molecule has 4 unspecified atom stereocenters. The summed E-state index contributed by atoms with van der Waals surface area (Å²) in [6.45, 7) is 11.8. The van der Waals surface area contributed by atoms with Gasteiger partial charge in [0, 0.05) is 51.3 Å². The Labute approximate surface area is 199 Å². The number of morpholine rings is 1. The van der Waals surface area contributed by atoms with Crippen molar-refractivity contribution in [3.8, 4) is 0 Å². The molecule has 0 amide bonds. The minimum absolute atomic E-state index is 0. The Bertz CT molecular complexity index is 655. The van der Waals surface area contributed by atoms with E-state index in [-0.39, 0.29) is 30.1 Å². The van der Waals surface area contributed by atoms with Gasteiger partial charge in [-0.2, -0.15) is 0 Å². The molecule has 30 heavy (non-hydrogen) atoms. The highest BCUT2D eigenvalue weighted by Gasteiger charge is 2.28. The van der Waals surface area contributed by atoms with Crippen LogP contribution in [0.2, 0.25) is 0 Å². The highest BCUT2D eigenvalue weighted by atomic mass is 127. The van der Waals surface area contributed by atoms with Gasteiger partial charge in [-0.05, 0) is 39.2 Å². The van der Waals surface area contributed by atoms with Crippen molar-refractivity contribution in [2.24, 2.45) is 10.9 Å². The molecule has 0 radical (unpaired) electrons. The van der Waals surface area contributed by atoms with E-state index in [0.29, 0.717) is 18.0 Å². The predicted octanol–water partition coefficient (Wildman–Crippen LogP) is 3.35. The summed E-state index contributed by atoms with van der Waals surface area (Å²) in [7, 11) is 1.84. The molecule has 170 valence electrons. The van der Waals surface area contributed by atoms with Crippen molar-refractivity contribution in [3.63, 3.8) is 0 Å². The molecule has 6 nitrogen and oxygen atoms in total. The van der Waals surface area contributed by atoms with Crippen LogP contribution in [0.15, 0.2) is 29.3 Å². The van der Waals surface area contributed by atoms with Crippen LogP contribution in [0, 0.1) is 12.8 Å². The number of nitrogens with zero attached hydrogens (tertiary/aromatic N) is 2. The summed E-state index contributed by atoms with van der Waals surface area (Å²) < 4.78 is 11.7. The topological polar surface area (TPSA) is 58.1 Å². The van der Waals surface area contributed by atoms with E-state index in [1.165, 1.54) is 17.5 Å². The van der Waals surface area contributed by atoms with Crippen LogP contribution in [0.4, 0.5) is 0 Å². The lowest BCUT2D eigenvalue weighted by Crippen LogP contribution is -2.53. The lowest BCUT2D eigenvalue weighted by atomic mass is 9.89. The second-order valence-corrected chi connectivity index (χ2v) is 8.45. The average molecular weight is 530 g/mol. The Morgan fingerprint density at radius 1 is 1.23 bits per heavy atom. The molecule has 0 spiro atoms. The summed E-state index contributed by atoms with van der Waals surface area (Å²) in [5, 5.41) is 7.04. The third-order valence-electron chi connectivity index (χ3n) is 6.16. The minimum Gasteiger partial charge on any atom is -0.379 e. The molecule has 2 aliphatic heterocycles. The van der Waals surface area contributed by atoms with Crippen LogP contribution >= 0.6 is 24.0 Å². The highest BCUT2D eigenvalue weighted by Crippen LogP contribution is 2.33. The first-order valence-corrected chi connectivity index (χ1v) is 11.0. The van der Waals surface area contributed by atoms with E-state index >= 15 is 0 Å². The lowest BCUT2D eigenvalue weighted by molar-refractivity contribution is -0.0266. The van der Waals surface area contributed by atoms with Crippen molar-refractivity contribution in [2.45, 2.75) is 51.8 Å². The van der Waals surface area contributed by atoms with Gasteiger partial charge in [0.15, 0.2) is 5.96 Å². The normalized spacial score (nSPS) is 26.5. The number of benzene rings is 1. The number of aryl methyl sites for hydroxylation is 1. The van der Waals surface area contributed by atoms with Gasteiger partial charge < -0.3 is 20.1 Å². The molecule has 2 heterocycles. The second kappa shape index (κ2) is 12.8. The maximum atomic E-state index is 6.15. The lowest BCUT2D eigenvalue weighted by Gasteiger charge is -2.38. The van der Waals surface area contributed by atoms with Crippen molar-refractivity contribution < 1.29 is 9.47 Å². The number of aliphatic imine (C=N–C) groups is 1. The maximum absolute atomic E-state index is 6.15. The van der Waals surface area contributed by atoms with Gasteiger partial charge in [0.05, 0.1) is 19.3 Å². The summed E-state index contributed by atoms with van der Waals surface area (Å²) in [5.74, 6) is 1.31. The summed E-state index contributed by atoms with van der Waals surface area (Å²) in [6, 6.07) is 9.65. The molecule has 0 aliphatic carbocycles. The van der Waals surface area contributed by atoms with Gasteiger partial charge in [0.25, 0.3) is 0 Å². The molecule has 2 fully saturated rings. The van der Waals surface area contributed by atoms with Crippen molar-refractivity contribution in [3.05, 3.63) is 35.4 Å². The number of guanidine groups is 1. The van der Waals surface area contributed by atoms with Gasteiger partial charge in [-0.3, -0.25) is 9.89 Å². The molecule has 4 atom stereocenters. The van der Waals surface area contributed by atoms with Crippen molar-refractivity contribution in [1.29, 1.82) is 0 Å². The molecule has 0 aromatic heterocycles. The van der Waals surface area contributed by atoms with Crippen LogP contribution in [-0.2, 0) is 9.47 Å². The monoisotopic (exact) mass is 530 g/mol. The fourth-order valence-electron chi connectivity index (χ4n) is 4.38. The zero-order chi connectivity index (χ0) is 20.6. The van der Waals surface area contributed by atoms with Crippen LogP contribution in [0.5, 0.6) is 0 Å². The fourth-order valence-corrected chi connectivity index (χ4v) is 4.38. The van der Waals surface area contributed by atoms with Gasteiger partial charge >= 0.3 is 0 Å². The third-order valence-corrected chi connectivity index (χ3v) is 6.16. The van der Waals surface area contributed by atoms with Gasteiger partial charge in [0.1, 0.15) is 0 Å². The van der Waals surface area contributed by atoms with E-state index in [4.69, 9.17) is 9.47 Å². The number of halogens is 1. The standard InChI is InChI=1S/C23H38N4O2.HI/c1-17-7-9-20(10-8-17)22-21(6-5-12-29-22)15-26-23(24-4)25-14-18(2)27-11-13-28-16-19(27)3;/h7-10,18-19,21-22H,5-6,11-16H2,1-4H3,(H2,24,25,26);1H. The Morgan fingerprint density at radius 3 is 2.70 bits per heavy atom.